The minimum absolute atomic E-state index is 0.104. The lowest BCUT2D eigenvalue weighted by Crippen LogP contribution is -2.40. The average molecular weight is 365 g/mol. The predicted octanol–water partition coefficient (Wildman–Crippen LogP) is -1.10. The van der Waals surface area contributed by atoms with Gasteiger partial charge in [-0.2, -0.15) is 12.7 Å². The summed E-state index contributed by atoms with van der Waals surface area (Å²) >= 11 is 0. The second kappa shape index (κ2) is 7.36. The molecule has 0 aliphatic rings. The molecule has 0 saturated carbocycles. The first kappa shape index (κ1) is 19.5. The molecule has 1 aromatic rings. The lowest BCUT2D eigenvalue weighted by molar-refractivity contribution is -0.138. The molecule has 0 radical (unpaired) electrons. The lowest BCUT2D eigenvalue weighted by Gasteiger charge is -2.20. The molecule has 23 heavy (non-hydrogen) atoms. The second-order valence-electron chi connectivity index (χ2n) is 5.03. The van der Waals surface area contributed by atoms with Crippen molar-refractivity contribution in [1.82, 2.24) is 4.31 Å². The number of nitrogens with two attached hydrogens (primary N) is 2. The molecule has 0 amide bonds. The van der Waals surface area contributed by atoms with Crippen LogP contribution in [0.1, 0.15) is 12.0 Å². The summed E-state index contributed by atoms with van der Waals surface area (Å²) < 4.78 is 46.8. The number of carboxylic acid groups (broad SMARTS) is 1. The number of benzene rings is 1. The zero-order chi connectivity index (χ0) is 17.8. The Labute approximate surface area is 135 Å². The third-order valence-electron chi connectivity index (χ3n) is 3.08. The number of hydrogen-bond acceptors (Lipinski definition) is 6. The molecule has 0 aliphatic heterocycles. The summed E-state index contributed by atoms with van der Waals surface area (Å²) in [5, 5.41) is 13.8. The standard InChI is InChI=1S/C12H19N3O6S2/c1-22(18,19)10-4-2-9(3-5-10)8-15(23(14,20)21)7-6-11(13)12(16)17/h2-5,11H,6-8,13H2,1H3,(H,16,17)(H2,14,20,21)/t11-/m0/s1. The summed E-state index contributed by atoms with van der Waals surface area (Å²) in [6.07, 6.45) is 0.957. The molecule has 0 aliphatic carbocycles. The van der Waals surface area contributed by atoms with Gasteiger partial charge in [0.1, 0.15) is 6.04 Å². The van der Waals surface area contributed by atoms with Gasteiger partial charge in [-0.3, -0.25) is 4.79 Å². The van der Waals surface area contributed by atoms with Gasteiger partial charge in [0.2, 0.25) is 0 Å². The maximum Gasteiger partial charge on any atom is 0.320 e. The summed E-state index contributed by atoms with van der Waals surface area (Å²) in [7, 11) is -7.40. The predicted molar refractivity (Wildman–Crippen MR) is 83.3 cm³/mol. The van der Waals surface area contributed by atoms with E-state index in [1.165, 1.54) is 24.3 Å². The highest BCUT2D eigenvalue weighted by molar-refractivity contribution is 7.90. The van der Waals surface area contributed by atoms with Crippen LogP contribution in [0.2, 0.25) is 0 Å². The van der Waals surface area contributed by atoms with E-state index < -0.39 is 32.1 Å². The number of rotatable bonds is 8. The van der Waals surface area contributed by atoms with E-state index in [1.54, 1.807) is 0 Å². The number of sulfone groups is 1. The van der Waals surface area contributed by atoms with E-state index >= 15 is 0 Å². The van der Waals surface area contributed by atoms with E-state index in [-0.39, 0.29) is 24.4 Å². The quantitative estimate of drug-likeness (QED) is 0.526. The molecule has 1 aromatic carbocycles. The molecule has 9 nitrogen and oxygen atoms in total. The Morgan fingerprint density at radius 1 is 1.22 bits per heavy atom. The highest BCUT2D eigenvalue weighted by Crippen LogP contribution is 2.13. The van der Waals surface area contributed by atoms with Crippen molar-refractivity contribution in [2.45, 2.75) is 23.9 Å². The van der Waals surface area contributed by atoms with Crippen LogP contribution in [0.25, 0.3) is 0 Å². The van der Waals surface area contributed by atoms with Crippen molar-refractivity contribution in [3.8, 4) is 0 Å². The van der Waals surface area contributed by atoms with Gasteiger partial charge >= 0.3 is 5.97 Å². The Bertz CT molecular complexity index is 758. The third-order valence-corrected chi connectivity index (χ3v) is 5.24. The molecule has 0 unspecified atom stereocenters. The number of nitrogens with zero attached hydrogens (tertiary/aromatic N) is 1. The van der Waals surface area contributed by atoms with Crippen LogP contribution in [0.15, 0.2) is 29.2 Å². The van der Waals surface area contributed by atoms with Crippen LogP contribution in [0, 0.1) is 0 Å². The van der Waals surface area contributed by atoms with Crippen LogP contribution in [0.4, 0.5) is 0 Å². The number of carbonyl (C=O) groups is 1. The largest absolute Gasteiger partial charge is 0.480 e. The van der Waals surface area contributed by atoms with Gasteiger partial charge in [-0.1, -0.05) is 12.1 Å². The SMILES string of the molecule is CS(=O)(=O)c1ccc(CN(CC[C@H](N)C(=O)O)S(N)(=O)=O)cc1. The van der Waals surface area contributed by atoms with Crippen LogP contribution < -0.4 is 10.9 Å². The molecule has 1 atom stereocenters. The molecule has 1 rings (SSSR count). The van der Waals surface area contributed by atoms with Crippen molar-refractivity contribution < 1.29 is 26.7 Å². The van der Waals surface area contributed by atoms with Gasteiger partial charge in [-0.05, 0) is 24.1 Å². The van der Waals surface area contributed by atoms with Crippen molar-refractivity contribution >= 4 is 26.0 Å². The van der Waals surface area contributed by atoms with Crippen LogP contribution >= 0.6 is 0 Å². The van der Waals surface area contributed by atoms with E-state index in [0.717, 1.165) is 10.6 Å². The van der Waals surface area contributed by atoms with E-state index in [4.69, 9.17) is 16.0 Å². The number of aliphatic carboxylic acids is 1. The highest BCUT2D eigenvalue weighted by atomic mass is 32.2. The zero-order valence-electron chi connectivity index (χ0n) is 12.4. The average Bonchev–Trinajstić information content (AvgIpc) is 2.41. The summed E-state index contributed by atoms with van der Waals surface area (Å²) in [6.45, 7) is -0.282. The van der Waals surface area contributed by atoms with Gasteiger partial charge in [-0.25, -0.2) is 13.6 Å². The summed E-state index contributed by atoms with van der Waals surface area (Å²) in [5.74, 6) is -1.24. The topological polar surface area (TPSA) is 161 Å². The van der Waals surface area contributed by atoms with Crippen LogP contribution in [0.5, 0.6) is 0 Å². The Morgan fingerprint density at radius 2 is 1.74 bits per heavy atom. The van der Waals surface area contributed by atoms with E-state index in [0.29, 0.717) is 5.56 Å². The summed E-state index contributed by atoms with van der Waals surface area (Å²) in [4.78, 5) is 10.8. The van der Waals surface area contributed by atoms with Gasteiger partial charge in [0.15, 0.2) is 9.84 Å². The number of hydrogen-bond donors (Lipinski definition) is 3. The fourth-order valence-electron chi connectivity index (χ4n) is 1.75. The minimum atomic E-state index is -4.06. The summed E-state index contributed by atoms with van der Waals surface area (Å²) in [5.41, 5.74) is 5.85. The van der Waals surface area contributed by atoms with Crippen LogP contribution in [-0.2, 0) is 31.4 Å². The normalized spacial score (nSPS) is 13.9. The Kier molecular flexibility index (Phi) is 6.25. The van der Waals surface area contributed by atoms with Gasteiger partial charge in [-0.15, -0.1) is 0 Å². The Hall–Kier alpha value is -1.53. The lowest BCUT2D eigenvalue weighted by atomic mass is 10.2. The molecule has 130 valence electrons. The molecule has 11 heteroatoms. The minimum Gasteiger partial charge on any atom is -0.480 e. The molecular formula is C12H19N3O6S2. The fraction of sp³-hybridized carbons (Fsp3) is 0.417. The first-order valence-electron chi connectivity index (χ1n) is 6.46. The third kappa shape index (κ3) is 6.23. The van der Waals surface area contributed by atoms with Crippen molar-refractivity contribution in [2.75, 3.05) is 12.8 Å². The van der Waals surface area contributed by atoms with Crippen molar-refractivity contribution in [1.29, 1.82) is 0 Å². The monoisotopic (exact) mass is 365 g/mol. The zero-order valence-corrected chi connectivity index (χ0v) is 14.0. The fourth-order valence-corrected chi connectivity index (χ4v) is 3.07. The second-order valence-corrected chi connectivity index (χ2v) is 8.59. The Balaban J connectivity index is 2.88. The first-order chi connectivity index (χ1) is 10.4. The van der Waals surface area contributed by atoms with E-state index in [2.05, 4.69) is 0 Å². The summed E-state index contributed by atoms with van der Waals surface area (Å²) in [6, 6.07) is 4.44. The smallest absolute Gasteiger partial charge is 0.320 e. The van der Waals surface area contributed by atoms with Gasteiger partial charge in [0, 0.05) is 19.3 Å². The maximum atomic E-state index is 11.6. The highest BCUT2D eigenvalue weighted by Gasteiger charge is 2.21. The maximum absolute atomic E-state index is 11.6. The van der Waals surface area contributed by atoms with Gasteiger partial charge in [0.05, 0.1) is 4.90 Å². The van der Waals surface area contributed by atoms with Crippen molar-refractivity contribution in [3.05, 3.63) is 29.8 Å². The van der Waals surface area contributed by atoms with Crippen molar-refractivity contribution in [2.24, 2.45) is 10.9 Å². The first-order valence-corrected chi connectivity index (χ1v) is 9.86. The molecule has 0 bridgehead atoms. The van der Waals surface area contributed by atoms with Gasteiger partial charge in [0.25, 0.3) is 10.2 Å². The van der Waals surface area contributed by atoms with E-state index in [1.807, 2.05) is 0 Å². The molecule has 0 heterocycles. The number of carboxylic acids is 1. The van der Waals surface area contributed by atoms with Gasteiger partial charge < -0.3 is 10.8 Å². The molecular weight excluding hydrogens is 346 g/mol. The van der Waals surface area contributed by atoms with Crippen molar-refractivity contribution in [3.63, 3.8) is 0 Å². The van der Waals surface area contributed by atoms with Crippen LogP contribution in [0.3, 0.4) is 0 Å². The van der Waals surface area contributed by atoms with Crippen LogP contribution in [-0.4, -0.2) is 51.1 Å². The molecule has 0 fully saturated rings. The molecule has 0 spiro atoms. The molecule has 0 saturated heterocycles. The Morgan fingerprint density at radius 3 is 2.13 bits per heavy atom. The molecule has 5 N–H and O–H groups in total. The molecule has 0 aromatic heterocycles. The van der Waals surface area contributed by atoms with E-state index in [9.17, 15) is 21.6 Å².